The zero-order valence-electron chi connectivity index (χ0n) is 43.0. The minimum Gasteiger partial charge on any atom is -0.496 e. The van der Waals surface area contributed by atoms with Crippen LogP contribution in [0.2, 0.25) is 0 Å². The first kappa shape index (κ1) is 54.3. The Morgan fingerprint density at radius 2 is 1.53 bits per heavy atom. The third-order valence-electron chi connectivity index (χ3n) is 14.8. The van der Waals surface area contributed by atoms with Gasteiger partial charge in [-0.3, -0.25) is 29.9 Å². The van der Waals surface area contributed by atoms with Gasteiger partial charge in [0.05, 0.1) is 47.3 Å². The Labute approximate surface area is 450 Å². The zero-order valence-corrected chi connectivity index (χ0v) is 43.0. The van der Waals surface area contributed by atoms with Crippen LogP contribution in [0.15, 0.2) is 157 Å². The molecule has 1 heterocycles. The lowest BCUT2D eigenvalue weighted by atomic mass is 9.55. The summed E-state index contributed by atoms with van der Waals surface area (Å²) in [5, 5.41) is 50.2. The maximum atomic E-state index is 15.5. The number of ether oxygens (including phenoxy) is 5. The Morgan fingerprint density at radius 3 is 2.23 bits per heavy atom. The highest BCUT2D eigenvalue weighted by atomic mass is 16.7. The zero-order chi connectivity index (χ0) is 54.8. The van der Waals surface area contributed by atoms with Gasteiger partial charge in [0.15, 0.2) is 6.29 Å². The molecule has 1 saturated carbocycles. The van der Waals surface area contributed by atoms with Crippen molar-refractivity contribution >= 4 is 40.2 Å². The lowest BCUT2D eigenvalue weighted by Crippen LogP contribution is -2.70. The standard InChI is InChI=1S/C60H60N4O14/c1-3-31-74-60-56(62(36-42-14-10-13-40-11-4-5-15-49(40)42)59(68)77-46-23-21-45(22-24-46)64(71)72)35-53(61-75-38-39-17-19-44(20-18-39)63(69)70)51-33-41(12-6-8-29-65)50(16-7-9-30-66)57(58(51)60)52-34-48(26-28-55(52)78-60)76-47-25-27-54(73-2)43(32-47)37-67/h3-5,10-11,13-15,17-28,32-34,37,41,50,56-58,65-66H,1,6-9,12,16,29-31,35-36,38H2,2H3. The molecule has 1 aliphatic heterocycles. The number of nitrogens with zero attached hydrogens (tertiary/aromatic N) is 4. The number of aliphatic hydroxyl groups is 2. The summed E-state index contributed by atoms with van der Waals surface area (Å²) < 4.78 is 32.8. The van der Waals surface area contributed by atoms with E-state index < -0.39 is 39.6 Å². The van der Waals surface area contributed by atoms with Gasteiger partial charge in [0.25, 0.3) is 11.4 Å². The maximum Gasteiger partial charge on any atom is 0.416 e. The molecule has 9 rings (SSSR count). The van der Waals surface area contributed by atoms with Crippen LogP contribution in [0.3, 0.4) is 0 Å². The molecule has 0 bridgehead atoms. The molecule has 1 amide bonds. The molecule has 0 radical (unpaired) electrons. The van der Waals surface area contributed by atoms with E-state index in [9.17, 15) is 35.2 Å². The van der Waals surface area contributed by atoms with E-state index in [1.165, 1.54) is 43.5 Å². The molecule has 6 unspecified atom stereocenters. The van der Waals surface area contributed by atoms with E-state index >= 15 is 4.79 Å². The van der Waals surface area contributed by atoms with Crippen LogP contribution in [0.25, 0.3) is 10.8 Å². The van der Waals surface area contributed by atoms with E-state index in [0.29, 0.717) is 84.6 Å². The molecule has 404 valence electrons. The third kappa shape index (κ3) is 11.6. The van der Waals surface area contributed by atoms with Crippen molar-refractivity contribution in [2.24, 2.45) is 22.9 Å². The number of fused-ring (bicyclic) bond motifs is 3. The van der Waals surface area contributed by atoms with Gasteiger partial charge in [0.1, 0.15) is 41.4 Å². The molecule has 1 fully saturated rings. The second-order valence-corrected chi connectivity index (χ2v) is 19.5. The molecule has 2 aliphatic carbocycles. The molecule has 18 heteroatoms. The highest BCUT2D eigenvalue weighted by molar-refractivity contribution is 6.03. The van der Waals surface area contributed by atoms with Crippen molar-refractivity contribution in [3.63, 3.8) is 0 Å². The summed E-state index contributed by atoms with van der Waals surface area (Å²) in [6, 6.07) is 34.2. The second kappa shape index (κ2) is 24.7. The van der Waals surface area contributed by atoms with E-state index in [1.54, 1.807) is 47.4 Å². The van der Waals surface area contributed by atoms with Gasteiger partial charge in [-0.25, -0.2) is 4.79 Å². The van der Waals surface area contributed by atoms with E-state index in [0.717, 1.165) is 27.5 Å². The van der Waals surface area contributed by atoms with Gasteiger partial charge in [-0.1, -0.05) is 72.6 Å². The predicted molar refractivity (Wildman–Crippen MR) is 290 cm³/mol. The van der Waals surface area contributed by atoms with Crippen LogP contribution in [-0.4, -0.2) is 81.8 Å². The molecule has 0 spiro atoms. The van der Waals surface area contributed by atoms with Crippen molar-refractivity contribution in [2.75, 3.05) is 26.9 Å². The molecule has 0 saturated heterocycles. The van der Waals surface area contributed by atoms with Crippen molar-refractivity contribution < 1.29 is 58.2 Å². The monoisotopic (exact) mass is 1060 g/mol. The summed E-state index contributed by atoms with van der Waals surface area (Å²) in [5.74, 6) is -1.50. The van der Waals surface area contributed by atoms with E-state index in [2.05, 4.69) is 12.7 Å². The Hall–Kier alpha value is -8.45. The largest absolute Gasteiger partial charge is 0.496 e. The number of benzene rings is 6. The molecule has 18 nitrogen and oxygen atoms in total. The summed E-state index contributed by atoms with van der Waals surface area (Å²) in [6.45, 7) is 3.91. The summed E-state index contributed by atoms with van der Waals surface area (Å²) in [5.41, 5.74) is 3.40. The number of carbonyl (C=O) groups is 2. The molecular formula is C60H60N4O14. The minimum atomic E-state index is -1.73. The summed E-state index contributed by atoms with van der Waals surface area (Å²) in [6.07, 6.45) is 7.46. The Balaban J connectivity index is 1.26. The topological polar surface area (TPSA) is 232 Å². The lowest BCUT2D eigenvalue weighted by molar-refractivity contribution is -0.385. The number of nitro groups is 2. The summed E-state index contributed by atoms with van der Waals surface area (Å²) in [4.78, 5) is 57.6. The smallest absolute Gasteiger partial charge is 0.416 e. The predicted octanol–water partition coefficient (Wildman–Crippen LogP) is 11.8. The van der Waals surface area contributed by atoms with Crippen molar-refractivity contribution in [2.45, 2.75) is 75.8 Å². The molecule has 0 aromatic heterocycles. The molecule has 3 aliphatic rings. The van der Waals surface area contributed by atoms with Crippen LogP contribution < -0.4 is 18.9 Å². The van der Waals surface area contributed by atoms with Crippen molar-refractivity contribution in [1.82, 2.24) is 4.90 Å². The van der Waals surface area contributed by atoms with Crippen LogP contribution in [-0.2, 0) is 22.7 Å². The number of carbonyl (C=O) groups excluding carboxylic acids is 2. The number of hydrogen-bond donors (Lipinski definition) is 2. The molecule has 6 aromatic carbocycles. The number of methoxy groups -OCH3 is 1. The number of aldehydes is 1. The number of amides is 1. The van der Waals surface area contributed by atoms with Gasteiger partial charge in [0, 0.05) is 55.4 Å². The molecule has 6 aromatic rings. The third-order valence-corrected chi connectivity index (χ3v) is 14.8. The average molecular weight is 1060 g/mol. The Morgan fingerprint density at radius 1 is 0.846 bits per heavy atom. The number of hydrogen-bond acceptors (Lipinski definition) is 15. The fraction of sp³-hybridized carbons (Fsp3) is 0.317. The number of non-ortho nitro benzene ring substituents is 2. The summed E-state index contributed by atoms with van der Waals surface area (Å²) in [7, 11) is 1.48. The molecule has 78 heavy (non-hydrogen) atoms. The van der Waals surface area contributed by atoms with Gasteiger partial charge in [-0.05, 0) is 126 Å². The highest BCUT2D eigenvalue weighted by Crippen LogP contribution is 2.62. The van der Waals surface area contributed by atoms with E-state index in [4.69, 9.17) is 33.7 Å². The first-order valence-corrected chi connectivity index (χ1v) is 25.9. The molecule has 2 N–H and O–H groups in total. The number of rotatable bonds is 24. The number of aliphatic hydroxyl groups excluding tert-OH is 2. The number of unbranched alkanes of at least 4 members (excludes halogenated alkanes) is 2. The summed E-state index contributed by atoms with van der Waals surface area (Å²) >= 11 is 0. The van der Waals surface area contributed by atoms with Crippen molar-refractivity contribution in [3.8, 4) is 28.7 Å². The fourth-order valence-corrected chi connectivity index (χ4v) is 11.3. The minimum absolute atomic E-state index is 0.00492. The van der Waals surface area contributed by atoms with Gasteiger partial charge in [-0.15, -0.1) is 6.58 Å². The van der Waals surface area contributed by atoms with Crippen LogP contribution in [0.5, 0.6) is 28.7 Å². The van der Waals surface area contributed by atoms with Crippen molar-refractivity contribution in [1.29, 1.82) is 0 Å². The highest BCUT2D eigenvalue weighted by Gasteiger charge is 2.66. The lowest BCUT2D eigenvalue weighted by Gasteiger charge is -2.59. The van der Waals surface area contributed by atoms with Gasteiger partial charge in [-0.2, -0.15) is 0 Å². The first-order chi connectivity index (χ1) is 38.0. The first-order valence-electron chi connectivity index (χ1n) is 25.9. The normalized spacial score (nSPS) is 20.5. The maximum absolute atomic E-state index is 15.5. The number of nitro benzene ring substituents is 2. The average Bonchev–Trinajstić information content (AvgIpc) is 3.32. The number of allylic oxidation sites excluding steroid dienone is 1. The SMILES string of the molecule is C=CCOC12Oc3ccc(Oc4ccc(OC)c(C=O)c4)cc3C3C(CCCCO)C(CCCCO)C=C(C(=NOCc4ccc([N+](=O)[O-])cc4)CC1N(Cc1cccc4ccccc14)C(=O)Oc1ccc([N+](=O)[O-])cc1)C32. The molecular weight excluding hydrogens is 1000 g/mol. The van der Waals surface area contributed by atoms with E-state index in [-0.39, 0.29) is 68.4 Å². The van der Waals surface area contributed by atoms with Crippen LogP contribution in [0.4, 0.5) is 16.2 Å². The van der Waals surface area contributed by atoms with Gasteiger partial charge in [0.2, 0.25) is 5.79 Å². The number of oxime groups is 1. The van der Waals surface area contributed by atoms with Crippen LogP contribution in [0.1, 0.15) is 77.9 Å². The van der Waals surface area contributed by atoms with E-state index in [1.807, 2.05) is 54.6 Å². The fourth-order valence-electron chi connectivity index (χ4n) is 11.3. The Kier molecular flexibility index (Phi) is 17.2. The van der Waals surface area contributed by atoms with Gasteiger partial charge >= 0.3 is 6.09 Å². The second-order valence-electron chi connectivity index (χ2n) is 19.5. The Bertz CT molecular complexity index is 3210. The van der Waals surface area contributed by atoms with Gasteiger partial charge < -0.3 is 38.7 Å². The molecule has 6 atom stereocenters. The van der Waals surface area contributed by atoms with Crippen molar-refractivity contribution in [3.05, 3.63) is 194 Å². The van der Waals surface area contributed by atoms with Crippen LogP contribution >= 0.6 is 0 Å². The van der Waals surface area contributed by atoms with Crippen LogP contribution in [0, 0.1) is 38.0 Å². The quantitative estimate of drug-likeness (QED) is 0.0189.